The number of aromatic nitrogens is 2. The number of likely N-dealkylation sites (N-methyl/N-ethyl adjacent to an activating group) is 1. The molecule has 0 saturated carbocycles. The van der Waals surface area contributed by atoms with E-state index in [1.165, 1.54) is 7.11 Å². The van der Waals surface area contributed by atoms with Gasteiger partial charge in [0.1, 0.15) is 11.2 Å². The number of carbonyl (C=O) groups is 2. The Hall–Kier alpha value is -3.70. The summed E-state index contributed by atoms with van der Waals surface area (Å²) in [4.78, 5) is 45.9. The number of esters is 1. The molecule has 46 heavy (non-hydrogen) atoms. The molecule has 12 heteroatoms. The monoisotopic (exact) mass is 662 g/mol. The molecular formula is C34H42ClF3N4O4. The number of nitrogens with zero attached hydrogens (tertiary/aromatic N) is 3. The van der Waals surface area contributed by atoms with Gasteiger partial charge in [0.05, 0.1) is 30.8 Å². The Labute approximate surface area is 272 Å². The van der Waals surface area contributed by atoms with Gasteiger partial charge in [0.15, 0.2) is 0 Å². The van der Waals surface area contributed by atoms with Gasteiger partial charge in [-0.15, -0.1) is 0 Å². The fraction of sp³-hybridized carbons (Fsp3) is 0.471. The van der Waals surface area contributed by atoms with Crippen LogP contribution in [0.25, 0.3) is 11.1 Å². The van der Waals surface area contributed by atoms with Crippen molar-refractivity contribution < 1.29 is 27.5 Å². The number of aryl methyl sites for hydroxylation is 3. The second-order valence-electron chi connectivity index (χ2n) is 12.4. The van der Waals surface area contributed by atoms with Gasteiger partial charge in [0.25, 0.3) is 5.56 Å². The second kappa shape index (κ2) is 15.3. The summed E-state index contributed by atoms with van der Waals surface area (Å²) in [5.74, 6) is -1.40. The van der Waals surface area contributed by atoms with Crippen molar-refractivity contribution in [2.45, 2.75) is 72.1 Å². The maximum atomic E-state index is 14.0. The van der Waals surface area contributed by atoms with E-state index in [1.807, 2.05) is 46.8 Å². The van der Waals surface area contributed by atoms with E-state index < -0.39 is 41.3 Å². The summed E-state index contributed by atoms with van der Waals surface area (Å²) in [5, 5.41) is 2.98. The summed E-state index contributed by atoms with van der Waals surface area (Å²) in [6.45, 7) is 9.92. The molecule has 0 aliphatic heterocycles. The summed E-state index contributed by atoms with van der Waals surface area (Å²) in [7, 11) is 4.68. The van der Waals surface area contributed by atoms with E-state index >= 15 is 0 Å². The van der Waals surface area contributed by atoms with E-state index in [2.05, 4.69) is 10.3 Å². The topological polar surface area (TPSA) is 93.5 Å². The first-order valence-corrected chi connectivity index (χ1v) is 15.4. The maximum absolute atomic E-state index is 14.0. The third-order valence-electron chi connectivity index (χ3n) is 7.68. The normalized spacial score (nSPS) is 13.2. The van der Waals surface area contributed by atoms with Crippen molar-refractivity contribution in [3.05, 3.63) is 85.5 Å². The molecule has 0 aliphatic carbocycles. The average Bonchev–Trinajstić information content (AvgIpc) is 2.93. The molecule has 0 radical (unpaired) electrons. The number of methoxy groups -OCH3 is 1. The first-order valence-electron chi connectivity index (χ1n) is 15.0. The maximum Gasteiger partial charge on any atom is 0.416 e. The predicted molar refractivity (Wildman–Crippen MR) is 173 cm³/mol. The van der Waals surface area contributed by atoms with Crippen molar-refractivity contribution >= 4 is 23.5 Å². The third-order valence-corrected chi connectivity index (χ3v) is 7.88. The van der Waals surface area contributed by atoms with E-state index in [0.717, 1.165) is 38.6 Å². The number of benzene rings is 1. The highest BCUT2D eigenvalue weighted by Gasteiger charge is 2.36. The van der Waals surface area contributed by atoms with Gasteiger partial charge in [-0.2, -0.15) is 13.2 Å². The minimum Gasteiger partial charge on any atom is -0.469 e. The molecule has 0 saturated heterocycles. The number of amides is 1. The fourth-order valence-electron chi connectivity index (χ4n) is 5.66. The van der Waals surface area contributed by atoms with Crippen LogP contribution in [0.4, 0.5) is 13.2 Å². The lowest BCUT2D eigenvalue weighted by molar-refractivity contribution is -0.141. The Morgan fingerprint density at radius 2 is 1.70 bits per heavy atom. The van der Waals surface area contributed by atoms with Crippen LogP contribution < -0.4 is 10.9 Å². The van der Waals surface area contributed by atoms with E-state index in [-0.39, 0.29) is 41.6 Å². The number of hydrogen-bond donors (Lipinski definition) is 1. The number of halogens is 4. The molecule has 250 valence electrons. The van der Waals surface area contributed by atoms with Crippen LogP contribution in [-0.2, 0) is 26.9 Å². The molecule has 1 amide bonds. The van der Waals surface area contributed by atoms with Crippen molar-refractivity contribution in [2.24, 2.45) is 5.92 Å². The molecule has 3 rings (SSSR count). The van der Waals surface area contributed by atoms with Gasteiger partial charge in [-0.05, 0) is 93.6 Å². The zero-order chi connectivity index (χ0) is 34.5. The van der Waals surface area contributed by atoms with E-state index in [0.29, 0.717) is 12.6 Å². The van der Waals surface area contributed by atoms with Gasteiger partial charge >= 0.3 is 12.1 Å². The lowest BCUT2D eigenvalue weighted by Gasteiger charge is -2.26. The van der Waals surface area contributed by atoms with Crippen molar-refractivity contribution in [3.63, 3.8) is 0 Å². The number of nitrogens with one attached hydrogen (secondary N) is 1. The highest BCUT2D eigenvalue weighted by atomic mass is 35.5. The summed E-state index contributed by atoms with van der Waals surface area (Å²) in [5.41, 5.74) is 2.96. The molecule has 2 atom stereocenters. The van der Waals surface area contributed by atoms with Gasteiger partial charge in [-0.1, -0.05) is 43.1 Å². The van der Waals surface area contributed by atoms with Crippen LogP contribution in [0.5, 0.6) is 0 Å². The van der Waals surface area contributed by atoms with Crippen molar-refractivity contribution in [3.8, 4) is 11.1 Å². The lowest BCUT2D eigenvalue weighted by Crippen LogP contribution is -2.41. The molecule has 1 aromatic carbocycles. The molecule has 0 spiro atoms. The Morgan fingerprint density at radius 3 is 2.24 bits per heavy atom. The smallest absolute Gasteiger partial charge is 0.416 e. The highest BCUT2D eigenvalue weighted by molar-refractivity contribution is 6.29. The van der Waals surface area contributed by atoms with E-state index in [4.69, 9.17) is 16.3 Å². The fourth-order valence-corrected chi connectivity index (χ4v) is 5.87. The van der Waals surface area contributed by atoms with Crippen LogP contribution in [0.15, 0.2) is 41.3 Å². The summed E-state index contributed by atoms with van der Waals surface area (Å²) in [6, 6.07) is 5.88. The molecular weight excluding hydrogens is 621 g/mol. The van der Waals surface area contributed by atoms with E-state index in [1.54, 1.807) is 31.1 Å². The first kappa shape index (κ1) is 36.8. The molecule has 2 aromatic heterocycles. The lowest BCUT2D eigenvalue weighted by atomic mass is 9.93. The Balaban J connectivity index is 2.12. The second-order valence-corrected chi connectivity index (χ2v) is 12.8. The minimum atomic E-state index is -4.74. The van der Waals surface area contributed by atoms with Crippen LogP contribution in [-0.4, -0.2) is 54.1 Å². The predicted octanol–water partition coefficient (Wildman–Crippen LogP) is 6.62. The van der Waals surface area contributed by atoms with E-state index in [9.17, 15) is 27.6 Å². The summed E-state index contributed by atoms with van der Waals surface area (Å²) in [6.07, 6.45) is -3.76. The molecule has 0 aliphatic rings. The Kier molecular flexibility index (Phi) is 12.2. The standard InChI is InChI=1S/C34H42ClF3N4O4/c1-19(2)11-28(42-18-23(9-10-41(6)7)25(16-30(42)43)34(36,37)38)33(45)40-27(17-31(44)46-8)26-14-24(15-29(35)39-26)32-21(4)12-20(3)13-22(32)5/h12-16,18-19,27-28H,9-11,17H2,1-8H3,(H,40,45)/t27-,28?/m0/s1. The highest BCUT2D eigenvalue weighted by Crippen LogP contribution is 2.34. The number of alkyl halides is 3. The molecule has 1 unspecified atom stereocenters. The zero-order valence-corrected chi connectivity index (χ0v) is 28.3. The van der Waals surface area contributed by atoms with Crippen LogP contribution >= 0.6 is 11.6 Å². The quantitative estimate of drug-likeness (QED) is 0.173. The molecule has 2 heterocycles. The van der Waals surface area contributed by atoms with Crippen LogP contribution in [0.1, 0.15) is 72.3 Å². The van der Waals surface area contributed by atoms with Gasteiger partial charge in [0, 0.05) is 18.8 Å². The third kappa shape index (κ3) is 9.42. The number of ether oxygens (including phenoxy) is 1. The largest absolute Gasteiger partial charge is 0.469 e. The number of pyridine rings is 2. The molecule has 0 fully saturated rings. The number of carbonyl (C=O) groups excluding carboxylic acids is 2. The SMILES string of the molecule is COC(=O)C[C@H](NC(=O)C(CC(C)C)n1cc(CCN(C)C)c(C(F)(F)F)cc1=O)c1cc(-c2c(C)cc(C)cc2C)cc(Cl)n1. The number of hydrogen-bond acceptors (Lipinski definition) is 6. The van der Waals surface area contributed by atoms with Gasteiger partial charge in [-0.25, -0.2) is 4.98 Å². The Morgan fingerprint density at radius 1 is 1.07 bits per heavy atom. The van der Waals surface area contributed by atoms with Gasteiger partial charge in [0.2, 0.25) is 5.91 Å². The zero-order valence-electron chi connectivity index (χ0n) is 27.5. The molecule has 0 bridgehead atoms. The van der Waals surface area contributed by atoms with Crippen molar-refractivity contribution in [1.29, 1.82) is 0 Å². The van der Waals surface area contributed by atoms with Gasteiger partial charge < -0.3 is 19.5 Å². The molecule has 8 nitrogen and oxygen atoms in total. The summed E-state index contributed by atoms with van der Waals surface area (Å²) >= 11 is 6.48. The average molecular weight is 663 g/mol. The molecule has 3 aromatic rings. The van der Waals surface area contributed by atoms with Crippen LogP contribution in [0.2, 0.25) is 5.15 Å². The first-order chi connectivity index (χ1) is 21.4. The van der Waals surface area contributed by atoms with Crippen molar-refractivity contribution in [2.75, 3.05) is 27.7 Å². The minimum absolute atomic E-state index is 0.0101. The molecule has 1 N–H and O–H groups in total. The summed E-state index contributed by atoms with van der Waals surface area (Å²) < 4.78 is 47.7. The van der Waals surface area contributed by atoms with Crippen molar-refractivity contribution in [1.82, 2.24) is 19.8 Å². The number of rotatable bonds is 12. The van der Waals surface area contributed by atoms with Gasteiger partial charge in [-0.3, -0.25) is 14.4 Å². The van der Waals surface area contributed by atoms with Crippen LogP contribution in [0, 0.1) is 26.7 Å². The van der Waals surface area contributed by atoms with Crippen LogP contribution in [0.3, 0.4) is 0 Å². The Bertz CT molecular complexity index is 1610.